The van der Waals surface area contributed by atoms with E-state index in [1.54, 1.807) is 24.3 Å². The van der Waals surface area contributed by atoms with E-state index < -0.39 is 10.0 Å². The molecular weight excluding hydrogens is 310 g/mol. The van der Waals surface area contributed by atoms with Crippen LogP contribution in [0.2, 0.25) is 0 Å². The lowest BCUT2D eigenvalue weighted by atomic mass is 10.1. The highest BCUT2D eigenvalue weighted by Gasteiger charge is 2.28. The first-order chi connectivity index (χ1) is 9.72. The van der Waals surface area contributed by atoms with Crippen molar-refractivity contribution in [2.45, 2.75) is 27.2 Å². The van der Waals surface area contributed by atoms with Gasteiger partial charge in [-0.2, -0.15) is 5.10 Å². The predicted molar refractivity (Wildman–Crippen MR) is 87.8 cm³/mol. The second-order valence-corrected chi connectivity index (χ2v) is 6.55. The molecule has 1 aliphatic rings. The summed E-state index contributed by atoms with van der Waals surface area (Å²) in [5, 5.41) is 10.7. The number of primary sulfonamides is 1. The maximum Gasteiger partial charge on any atom is 0.256 e. The Hall–Kier alpha value is -1.37. The molecule has 116 valence electrons. The molecule has 0 spiro atoms. The van der Waals surface area contributed by atoms with Gasteiger partial charge in [0.05, 0.1) is 16.4 Å². The number of sulfonamides is 1. The Morgan fingerprint density at radius 2 is 2.19 bits per heavy atom. The summed E-state index contributed by atoms with van der Waals surface area (Å²) >= 11 is 6.23. The van der Waals surface area contributed by atoms with Crippen molar-refractivity contribution in [3.8, 4) is 0 Å². The van der Waals surface area contributed by atoms with Crippen LogP contribution < -0.4 is 5.14 Å². The number of rotatable bonds is 5. The average molecular weight is 330 g/mol. The molecule has 1 rings (SSSR count). The number of halogens is 1. The zero-order valence-corrected chi connectivity index (χ0v) is 13.9. The van der Waals surface area contributed by atoms with Gasteiger partial charge < -0.3 is 0 Å². The second-order valence-electron chi connectivity index (χ2n) is 4.67. The molecule has 2 N–H and O–H groups in total. The van der Waals surface area contributed by atoms with Gasteiger partial charge in [-0.15, -0.1) is 0 Å². The van der Waals surface area contributed by atoms with Crippen molar-refractivity contribution in [1.29, 1.82) is 0 Å². The molecule has 1 heterocycles. The highest BCUT2D eigenvalue weighted by Crippen LogP contribution is 2.30. The molecule has 1 aliphatic heterocycles. The number of hydrazone groups is 1. The predicted octanol–water partition coefficient (Wildman–Crippen LogP) is 3.05. The molecule has 0 aromatic heterocycles. The third-order valence-electron chi connectivity index (χ3n) is 2.98. The van der Waals surface area contributed by atoms with E-state index in [4.69, 9.17) is 16.7 Å². The Morgan fingerprint density at radius 3 is 2.67 bits per heavy atom. The molecule has 0 saturated heterocycles. The van der Waals surface area contributed by atoms with Gasteiger partial charge in [0, 0.05) is 0 Å². The number of nitrogens with zero attached hydrogens (tertiary/aromatic N) is 2. The van der Waals surface area contributed by atoms with Gasteiger partial charge >= 0.3 is 0 Å². The van der Waals surface area contributed by atoms with E-state index in [2.05, 4.69) is 11.7 Å². The van der Waals surface area contributed by atoms with Crippen molar-refractivity contribution in [3.63, 3.8) is 0 Å². The first-order valence-corrected chi connectivity index (χ1v) is 8.45. The van der Waals surface area contributed by atoms with Crippen LogP contribution in [0.5, 0.6) is 0 Å². The zero-order chi connectivity index (χ0) is 16.2. The van der Waals surface area contributed by atoms with Gasteiger partial charge in [-0.05, 0) is 37.5 Å². The number of hydrogen-bond acceptors (Lipinski definition) is 4. The Bertz CT molecular complexity index is 645. The largest absolute Gasteiger partial charge is 0.256 e. The monoisotopic (exact) mass is 329 g/mol. The van der Waals surface area contributed by atoms with Crippen LogP contribution in [0.3, 0.4) is 0 Å². The topological polar surface area (TPSA) is 75.8 Å². The van der Waals surface area contributed by atoms with Crippen molar-refractivity contribution >= 4 is 27.3 Å². The summed E-state index contributed by atoms with van der Waals surface area (Å²) in [5.74, 6) is -0.154. The maximum absolute atomic E-state index is 11.9. The van der Waals surface area contributed by atoms with Crippen LogP contribution >= 0.6 is 11.6 Å². The van der Waals surface area contributed by atoms with Crippen molar-refractivity contribution in [2.75, 3.05) is 0 Å². The van der Waals surface area contributed by atoms with E-state index in [0.717, 1.165) is 0 Å². The van der Waals surface area contributed by atoms with E-state index in [1.807, 2.05) is 20.8 Å². The van der Waals surface area contributed by atoms with Gasteiger partial charge in [-0.1, -0.05) is 38.1 Å². The standard InChI is InChI=1S/C14H20ClN3O2S/c1-5-7-12-9-8-11(4)18(17-12)14(21(16,19)20)13(15)10(3)6-2/h5,7-10H,4,6H2,1-3H3,(H2,16,19,20)/b7-5+,14-13-. The van der Waals surface area contributed by atoms with Gasteiger partial charge in [0.1, 0.15) is 0 Å². The summed E-state index contributed by atoms with van der Waals surface area (Å²) in [6.07, 6.45) is 7.62. The van der Waals surface area contributed by atoms with Crippen LogP contribution in [-0.4, -0.2) is 19.1 Å². The second kappa shape index (κ2) is 7.06. The molecule has 1 unspecified atom stereocenters. The van der Waals surface area contributed by atoms with Crippen LogP contribution in [0.4, 0.5) is 0 Å². The van der Waals surface area contributed by atoms with Gasteiger partial charge in [-0.3, -0.25) is 0 Å². The van der Waals surface area contributed by atoms with Crippen molar-refractivity contribution < 1.29 is 8.42 Å². The van der Waals surface area contributed by atoms with Crippen LogP contribution in [0.15, 0.2) is 51.7 Å². The Labute approximate surface area is 131 Å². The zero-order valence-electron chi connectivity index (χ0n) is 12.4. The lowest BCUT2D eigenvalue weighted by Crippen LogP contribution is -2.30. The summed E-state index contributed by atoms with van der Waals surface area (Å²) in [7, 11) is -4.04. The van der Waals surface area contributed by atoms with Crippen LogP contribution in [0.25, 0.3) is 0 Å². The molecule has 7 heteroatoms. The van der Waals surface area contributed by atoms with E-state index in [0.29, 0.717) is 17.8 Å². The summed E-state index contributed by atoms with van der Waals surface area (Å²) in [5.41, 5.74) is 0.966. The molecule has 0 aromatic rings. The SMILES string of the molecule is C=C1C=CC(/C=C/C)=NN1/C(=C(/Cl)C(C)CC)S(N)(=O)=O. The Morgan fingerprint density at radius 1 is 1.57 bits per heavy atom. The molecule has 0 aliphatic carbocycles. The van der Waals surface area contributed by atoms with Crippen LogP contribution in [-0.2, 0) is 10.0 Å². The van der Waals surface area contributed by atoms with Gasteiger partial charge in [0.2, 0.25) is 0 Å². The van der Waals surface area contributed by atoms with Gasteiger partial charge in [0.15, 0.2) is 5.03 Å². The molecule has 1 atom stereocenters. The first-order valence-electron chi connectivity index (χ1n) is 6.53. The van der Waals surface area contributed by atoms with Crippen LogP contribution in [0, 0.1) is 5.92 Å². The molecule has 0 fully saturated rings. The summed E-state index contributed by atoms with van der Waals surface area (Å²) in [6.45, 7) is 9.36. The highest BCUT2D eigenvalue weighted by atomic mass is 35.5. The highest BCUT2D eigenvalue weighted by molar-refractivity contribution is 7.93. The molecule has 21 heavy (non-hydrogen) atoms. The van der Waals surface area contributed by atoms with Gasteiger partial charge in [-0.25, -0.2) is 18.6 Å². The number of hydrogen-bond donors (Lipinski definition) is 1. The van der Waals surface area contributed by atoms with E-state index in [1.165, 1.54) is 5.01 Å². The lowest BCUT2D eigenvalue weighted by Gasteiger charge is -2.26. The van der Waals surface area contributed by atoms with E-state index in [-0.39, 0.29) is 16.0 Å². The molecule has 0 radical (unpaired) electrons. The molecule has 0 bridgehead atoms. The molecule has 0 amide bonds. The number of nitrogens with two attached hydrogens (primary N) is 1. The number of allylic oxidation sites excluding steroid dienone is 5. The van der Waals surface area contributed by atoms with Crippen LogP contribution in [0.1, 0.15) is 27.2 Å². The average Bonchev–Trinajstić information content (AvgIpc) is 2.40. The molecule has 5 nitrogen and oxygen atoms in total. The molecule has 0 aromatic carbocycles. The summed E-state index contributed by atoms with van der Waals surface area (Å²) in [6, 6.07) is 0. The fourth-order valence-electron chi connectivity index (χ4n) is 1.65. The summed E-state index contributed by atoms with van der Waals surface area (Å²) in [4.78, 5) is 0. The van der Waals surface area contributed by atoms with Gasteiger partial charge in [0.25, 0.3) is 10.0 Å². The Balaban J connectivity index is 3.47. The minimum absolute atomic E-state index is 0.153. The van der Waals surface area contributed by atoms with Crippen molar-refractivity contribution in [1.82, 2.24) is 5.01 Å². The Kier molecular flexibility index (Phi) is 5.95. The molecule has 0 saturated carbocycles. The van der Waals surface area contributed by atoms with Crippen molar-refractivity contribution in [3.05, 3.63) is 46.6 Å². The third-order valence-corrected chi connectivity index (χ3v) is 4.58. The third kappa shape index (κ3) is 4.30. The lowest BCUT2D eigenvalue weighted by molar-refractivity contribution is 0.474. The molecular formula is C14H20ClN3O2S. The van der Waals surface area contributed by atoms with E-state index >= 15 is 0 Å². The summed E-state index contributed by atoms with van der Waals surface area (Å²) < 4.78 is 23.9. The van der Waals surface area contributed by atoms with E-state index in [9.17, 15) is 8.42 Å². The quantitative estimate of drug-likeness (QED) is 0.842. The first kappa shape index (κ1) is 17.7. The fourth-order valence-corrected chi connectivity index (χ4v) is 3.08. The fraction of sp³-hybridized carbons (Fsp3) is 0.357. The van der Waals surface area contributed by atoms with Crippen molar-refractivity contribution in [2.24, 2.45) is 16.2 Å². The normalized spacial score (nSPS) is 18.8. The minimum atomic E-state index is -4.04. The smallest absolute Gasteiger partial charge is 0.223 e. The minimum Gasteiger partial charge on any atom is -0.223 e. The maximum atomic E-state index is 11.9.